The molecule has 1 N–H and O–H groups in total. The third-order valence-corrected chi connectivity index (χ3v) is 3.02. The Morgan fingerprint density at radius 3 is 2.88 bits per heavy atom. The quantitative estimate of drug-likeness (QED) is 0.883. The van der Waals surface area contributed by atoms with Crippen molar-refractivity contribution < 1.29 is 14.3 Å². The van der Waals surface area contributed by atoms with Crippen LogP contribution in [0.1, 0.15) is 5.56 Å². The summed E-state index contributed by atoms with van der Waals surface area (Å²) in [7, 11) is 0. The van der Waals surface area contributed by atoms with Crippen molar-refractivity contribution in [1.29, 1.82) is 0 Å². The predicted octanol–water partition coefficient (Wildman–Crippen LogP) is 2.00. The topological polar surface area (TPSA) is 40.5 Å². The maximum Gasteiger partial charge on any atom is 0.309 e. The number of rotatable bonds is 3. The van der Waals surface area contributed by atoms with Gasteiger partial charge in [0.25, 0.3) is 0 Å². The molecule has 5 heteroatoms. The number of carbonyl (C=O) groups is 1. The van der Waals surface area contributed by atoms with E-state index in [-0.39, 0.29) is 10.9 Å². The lowest BCUT2D eigenvalue weighted by Crippen LogP contribution is -2.49. The minimum Gasteiger partial charge on any atom is -0.481 e. The lowest BCUT2D eigenvalue weighted by atomic mass is 9.99. The van der Waals surface area contributed by atoms with Gasteiger partial charge in [0.15, 0.2) is 0 Å². The Balaban J connectivity index is 1.97. The fourth-order valence-corrected chi connectivity index (χ4v) is 1.96. The van der Waals surface area contributed by atoms with E-state index in [4.69, 9.17) is 16.7 Å². The van der Waals surface area contributed by atoms with Crippen LogP contribution >= 0.6 is 11.6 Å². The summed E-state index contributed by atoms with van der Waals surface area (Å²) < 4.78 is 13.5. The summed E-state index contributed by atoms with van der Waals surface area (Å²) in [6.45, 7) is 1.36. The van der Waals surface area contributed by atoms with E-state index in [9.17, 15) is 9.18 Å². The number of aliphatic carboxylic acids is 1. The number of nitrogens with zero attached hydrogens (tertiary/aromatic N) is 1. The number of hydrogen-bond acceptors (Lipinski definition) is 2. The lowest BCUT2D eigenvalue weighted by molar-refractivity contribution is -0.147. The van der Waals surface area contributed by atoms with Gasteiger partial charge in [0.2, 0.25) is 0 Å². The molecule has 0 aromatic heterocycles. The number of carboxylic acids is 1. The molecule has 1 aliphatic heterocycles. The van der Waals surface area contributed by atoms with Crippen LogP contribution in [0.5, 0.6) is 0 Å². The van der Waals surface area contributed by atoms with Crippen molar-refractivity contribution in [2.75, 3.05) is 13.1 Å². The van der Waals surface area contributed by atoms with Crippen molar-refractivity contribution in [2.45, 2.75) is 6.54 Å². The molecule has 1 aliphatic rings. The highest BCUT2D eigenvalue weighted by Crippen LogP contribution is 2.23. The Bertz CT molecular complexity index is 418. The molecule has 16 heavy (non-hydrogen) atoms. The van der Waals surface area contributed by atoms with Gasteiger partial charge in [0.05, 0.1) is 10.9 Å². The summed E-state index contributed by atoms with van der Waals surface area (Å²) in [5, 5.41) is 8.80. The molecule has 1 fully saturated rings. The number of halogens is 2. The van der Waals surface area contributed by atoms with E-state index in [1.54, 1.807) is 12.1 Å². The third kappa shape index (κ3) is 2.18. The van der Waals surface area contributed by atoms with Crippen molar-refractivity contribution in [3.63, 3.8) is 0 Å². The van der Waals surface area contributed by atoms with Crippen molar-refractivity contribution in [3.8, 4) is 0 Å². The number of likely N-dealkylation sites (tertiary alicyclic amines) is 1. The standard InChI is InChI=1S/C11H11ClFNO2/c12-9-3-1-2-7(10(9)13)4-14-5-8(6-14)11(15)16/h1-3,8H,4-6H2,(H,15,16). The molecule has 0 atom stereocenters. The number of carboxylic acid groups (broad SMARTS) is 1. The Morgan fingerprint density at radius 1 is 1.56 bits per heavy atom. The molecule has 0 spiro atoms. The first-order chi connectivity index (χ1) is 7.58. The van der Waals surface area contributed by atoms with E-state index in [0.29, 0.717) is 25.2 Å². The van der Waals surface area contributed by atoms with Crippen LogP contribution in [0.4, 0.5) is 4.39 Å². The smallest absolute Gasteiger partial charge is 0.309 e. The van der Waals surface area contributed by atoms with Gasteiger partial charge in [-0.05, 0) is 6.07 Å². The van der Waals surface area contributed by atoms with E-state index in [1.165, 1.54) is 6.07 Å². The fourth-order valence-electron chi connectivity index (χ4n) is 1.77. The van der Waals surface area contributed by atoms with Crippen LogP contribution in [0.3, 0.4) is 0 Å². The van der Waals surface area contributed by atoms with Crippen molar-refractivity contribution in [3.05, 3.63) is 34.6 Å². The Kier molecular flexibility index (Phi) is 3.12. The van der Waals surface area contributed by atoms with Gasteiger partial charge in [0.1, 0.15) is 5.82 Å². The van der Waals surface area contributed by atoms with E-state index >= 15 is 0 Å². The van der Waals surface area contributed by atoms with Crippen molar-refractivity contribution in [2.24, 2.45) is 5.92 Å². The molecule has 0 aliphatic carbocycles. The summed E-state index contributed by atoms with van der Waals surface area (Å²) in [5.74, 6) is -1.52. The zero-order chi connectivity index (χ0) is 11.7. The summed E-state index contributed by atoms with van der Waals surface area (Å²) in [6, 6.07) is 4.85. The Morgan fingerprint density at radius 2 is 2.25 bits per heavy atom. The molecule has 2 rings (SSSR count). The number of hydrogen-bond donors (Lipinski definition) is 1. The van der Waals surface area contributed by atoms with Crippen LogP contribution in [0.15, 0.2) is 18.2 Å². The molecule has 3 nitrogen and oxygen atoms in total. The monoisotopic (exact) mass is 243 g/mol. The van der Waals surface area contributed by atoms with Crippen LogP contribution < -0.4 is 0 Å². The normalized spacial score (nSPS) is 17.1. The molecule has 1 heterocycles. The molecule has 0 amide bonds. The summed E-state index contributed by atoms with van der Waals surface area (Å²) in [5.41, 5.74) is 0.510. The minimum absolute atomic E-state index is 0.104. The zero-order valence-corrected chi connectivity index (χ0v) is 9.25. The van der Waals surface area contributed by atoms with Crippen molar-refractivity contribution >= 4 is 17.6 Å². The van der Waals surface area contributed by atoms with Gasteiger partial charge >= 0.3 is 5.97 Å². The zero-order valence-electron chi connectivity index (χ0n) is 8.49. The fraction of sp³-hybridized carbons (Fsp3) is 0.364. The van der Waals surface area contributed by atoms with Gasteiger partial charge in [-0.1, -0.05) is 23.7 Å². The maximum atomic E-state index is 13.5. The molecule has 1 aromatic carbocycles. The van der Waals surface area contributed by atoms with Gasteiger partial charge in [-0.3, -0.25) is 9.69 Å². The maximum absolute atomic E-state index is 13.5. The number of benzene rings is 1. The SMILES string of the molecule is O=C(O)C1CN(Cc2cccc(Cl)c2F)C1. The molecule has 0 bridgehead atoms. The minimum atomic E-state index is -0.789. The average Bonchev–Trinajstić information content (AvgIpc) is 2.16. The first-order valence-corrected chi connectivity index (χ1v) is 5.34. The van der Waals surface area contributed by atoms with Crippen LogP contribution in [-0.2, 0) is 11.3 Å². The largest absolute Gasteiger partial charge is 0.481 e. The van der Waals surface area contributed by atoms with Crippen LogP contribution in [-0.4, -0.2) is 29.1 Å². The molecular formula is C11H11ClFNO2. The Labute approximate surface area is 97.4 Å². The molecule has 0 saturated carbocycles. The second-order valence-electron chi connectivity index (χ2n) is 3.94. The lowest BCUT2D eigenvalue weighted by Gasteiger charge is -2.36. The van der Waals surface area contributed by atoms with Gasteiger partial charge in [-0.25, -0.2) is 4.39 Å². The van der Waals surface area contributed by atoms with E-state index in [1.807, 2.05) is 4.90 Å². The van der Waals surface area contributed by atoms with Crippen LogP contribution in [0.25, 0.3) is 0 Å². The first kappa shape index (κ1) is 11.4. The molecule has 0 unspecified atom stereocenters. The first-order valence-electron chi connectivity index (χ1n) is 4.96. The highest BCUT2D eigenvalue weighted by Gasteiger charge is 2.32. The highest BCUT2D eigenvalue weighted by molar-refractivity contribution is 6.30. The van der Waals surface area contributed by atoms with Gasteiger partial charge in [-0.15, -0.1) is 0 Å². The summed E-state index contributed by atoms with van der Waals surface area (Å²) >= 11 is 5.65. The third-order valence-electron chi connectivity index (χ3n) is 2.73. The molecule has 0 radical (unpaired) electrons. The van der Waals surface area contributed by atoms with E-state index < -0.39 is 11.8 Å². The second-order valence-corrected chi connectivity index (χ2v) is 4.35. The van der Waals surface area contributed by atoms with E-state index in [2.05, 4.69) is 0 Å². The van der Waals surface area contributed by atoms with Gasteiger partial charge in [-0.2, -0.15) is 0 Å². The molecule has 1 saturated heterocycles. The van der Waals surface area contributed by atoms with Gasteiger partial charge in [0, 0.05) is 25.2 Å². The van der Waals surface area contributed by atoms with E-state index in [0.717, 1.165) is 0 Å². The van der Waals surface area contributed by atoms with Crippen LogP contribution in [0.2, 0.25) is 5.02 Å². The van der Waals surface area contributed by atoms with Crippen molar-refractivity contribution in [1.82, 2.24) is 4.90 Å². The summed E-state index contributed by atoms with van der Waals surface area (Å²) in [6.07, 6.45) is 0. The highest BCUT2D eigenvalue weighted by atomic mass is 35.5. The molecule has 1 aromatic rings. The second kappa shape index (κ2) is 4.39. The summed E-state index contributed by atoms with van der Waals surface area (Å²) in [4.78, 5) is 12.5. The molecule has 86 valence electrons. The predicted molar refractivity (Wildman–Crippen MR) is 57.8 cm³/mol. The van der Waals surface area contributed by atoms with Crippen LogP contribution in [0, 0.1) is 11.7 Å². The van der Waals surface area contributed by atoms with Gasteiger partial charge < -0.3 is 5.11 Å². The molecular weight excluding hydrogens is 233 g/mol. The Hall–Kier alpha value is -1.13. The average molecular weight is 244 g/mol.